The van der Waals surface area contributed by atoms with E-state index in [4.69, 9.17) is 15.9 Å². The molecule has 72 valence electrons. The lowest BCUT2D eigenvalue weighted by atomic mass is 10.2. The van der Waals surface area contributed by atoms with Gasteiger partial charge in [-0.3, -0.25) is 5.41 Å². The number of nitrogens with two attached hydrogens (primary N) is 1. The molecule has 0 fully saturated rings. The van der Waals surface area contributed by atoms with Gasteiger partial charge in [0, 0.05) is 5.56 Å². The van der Waals surface area contributed by atoms with Crippen LogP contribution in [-0.4, -0.2) is 12.9 Å². The van der Waals surface area contributed by atoms with Crippen molar-refractivity contribution in [2.75, 3.05) is 7.11 Å². The van der Waals surface area contributed by atoms with Crippen molar-refractivity contribution < 1.29 is 4.74 Å². The molecule has 3 heteroatoms. The quantitative estimate of drug-likeness (QED) is 0.540. The van der Waals surface area contributed by atoms with E-state index in [1.54, 1.807) is 31.4 Å². The Morgan fingerprint density at radius 1 is 1.23 bits per heavy atom. The Morgan fingerprint density at radius 2 is 1.69 bits per heavy atom. The molecule has 0 aromatic heterocycles. The molecule has 1 aromatic rings. The van der Waals surface area contributed by atoms with E-state index in [-0.39, 0.29) is 5.84 Å². The topological polar surface area (TPSA) is 59.1 Å². The lowest BCUT2D eigenvalue weighted by molar-refractivity contribution is 0.415. The lowest BCUT2D eigenvalue weighted by Gasteiger charge is -2.00. The van der Waals surface area contributed by atoms with Gasteiger partial charge in [-0.05, 0) is 24.3 Å². The molecule has 0 aliphatic carbocycles. The second kappa shape index (κ2) is 6.06. The molecule has 0 saturated carbocycles. The largest absolute Gasteiger partial charge is 0.497 e. The van der Waals surface area contributed by atoms with E-state index < -0.39 is 0 Å². The first-order valence-electron chi connectivity index (χ1n) is 4.22. The van der Waals surface area contributed by atoms with Crippen LogP contribution in [0.2, 0.25) is 0 Å². The van der Waals surface area contributed by atoms with Crippen molar-refractivity contribution in [2.24, 2.45) is 5.73 Å². The van der Waals surface area contributed by atoms with Crippen molar-refractivity contribution in [3.63, 3.8) is 0 Å². The van der Waals surface area contributed by atoms with Crippen LogP contribution >= 0.6 is 0 Å². The van der Waals surface area contributed by atoms with Crippen LogP contribution in [0.5, 0.6) is 5.75 Å². The van der Waals surface area contributed by atoms with E-state index in [1.807, 2.05) is 13.8 Å². The Hall–Kier alpha value is -1.51. The number of nitrogen functional groups attached to an aromatic ring is 1. The van der Waals surface area contributed by atoms with Gasteiger partial charge in [-0.15, -0.1) is 0 Å². The Labute approximate surface area is 79.0 Å². The van der Waals surface area contributed by atoms with E-state index in [2.05, 4.69) is 0 Å². The lowest BCUT2D eigenvalue weighted by Crippen LogP contribution is -2.10. The van der Waals surface area contributed by atoms with Crippen LogP contribution in [0.1, 0.15) is 19.4 Å². The van der Waals surface area contributed by atoms with Crippen LogP contribution in [0.15, 0.2) is 24.3 Å². The predicted molar refractivity (Wildman–Crippen MR) is 55.4 cm³/mol. The molecule has 0 unspecified atom stereocenters. The van der Waals surface area contributed by atoms with Crippen LogP contribution in [-0.2, 0) is 0 Å². The molecule has 0 atom stereocenters. The first-order chi connectivity index (χ1) is 6.24. The molecule has 0 saturated heterocycles. The van der Waals surface area contributed by atoms with Crippen molar-refractivity contribution in [3.8, 4) is 5.75 Å². The molecule has 3 N–H and O–H groups in total. The highest BCUT2D eigenvalue weighted by Crippen LogP contribution is 2.10. The maximum Gasteiger partial charge on any atom is 0.122 e. The van der Waals surface area contributed by atoms with Crippen molar-refractivity contribution in [1.82, 2.24) is 0 Å². The molecule has 0 aliphatic heterocycles. The van der Waals surface area contributed by atoms with E-state index in [0.717, 1.165) is 5.75 Å². The molecular formula is C10H16N2O. The highest BCUT2D eigenvalue weighted by atomic mass is 16.5. The van der Waals surface area contributed by atoms with Gasteiger partial charge in [-0.25, -0.2) is 0 Å². The Morgan fingerprint density at radius 3 is 2.00 bits per heavy atom. The monoisotopic (exact) mass is 180 g/mol. The average molecular weight is 180 g/mol. The fourth-order valence-corrected chi connectivity index (χ4v) is 0.771. The van der Waals surface area contributed by atoms with Crippen LogP contribution in [0.3, 0.4) is 0 Å². The molecule has 0 spiro atoms. The summed E-state index contributed by atoms with van der Waals surface area (Å²) in [6.07, 6.45) is 0. The van der Waals surface area contributed by atoms with Gasteiger partial charge in [0.2, 0.25) is 0 Å². The number of rotatable bonds is 2. The summed E-state index contributed by atoms with van der Waals surface area (Å²) in [6, 6.07) is 7.05. The number of hydrogen-bond acceptors (Lipinski definition) is 2. The number of nitrogens with one attached hydrogen (secondary N) is 1. The third-order valence-electron chi connectivity index (χ3n) is 1.40. The average Bonchev–Trinajstić information content (AvgIpc) is 2.21. The number of hydrogen-bond donors (Lipinski definition) is 2. The normalized spacial score (nSPS) is 8.23. The fraction of sp³-hybridized carbons (Fsp3) is 0.300. The number of ether oxygens (including phenoxy) is 1. The van der Waals surface area contributed by atoms with Crippen LogP contribution in [0, 0.1) is 5.41 Å². The Bertz CT molecular complexity index is 254. The van der Waals surface area contributed by atoms with Gasteiger partial charge in [0.05, 0.1) is 7.11 Å². The highest BCUT2D eigenvalue weighted by molar-refractivity contribution is 5.94. The van der Waals surface area contributed by atoms with Crippen molar-refractivity contribution in [3.05, 3.63) is 29.8 Å². The minimum atomic E-state index is 0.0765. The second-order valence-corrected chi connectivity index (χ2v) is 2.14. The summed E-state index contributed by atoms with van der Waals surface area (Å²) in [5.41, 5.74) is 5.96. The van der Waals surface area contributed by atoms with Gasteiger partial charge in [0.1, 0.15) is 11.6 Å². The van der Waals surface area contributed by atoms with Crippen molar-refractivity contribution in [2.45, 2.75) is 13.8 Å². The van der Waals surface area contributed by atoms with Crippen LogP contribution in [0.4, 0.5) is 0 Å². The van der Waals surface area contributed by atoms with Gasteiger partial charge in [0.25, 0.3) is 0 Å². The van der Waals surface area contributed by atoms with E-state index >= 15 is 0 Å². The fourth-order valence-electron chi connectivity index (χ4n) is 0.771. The molecule has 3 nitrogen and oxygen atoms in total. The van der Waals surface area contributed by atoms with Gasteiger partial charge in [-0.1, -0.05) is 13.8 Å². The second-order valence-electron chi connectivity index (χ2n) is 2.14. The summed E-state index contributed by atoms with van der Waals surface area (Å²) >= 11 is 0. The molecule has 0 bridgehead atoms. The summed E-state index contributed by atoms with van der Waals surface area (Å²) in [4.78, 5) is 0. The molecular weight excluding hydrogens is 164 g/mol. The maximum atomic E-state index is 7.10. The smallest absolute Gasteiger partial charge is 0.122 e. The standard InChI is InChI=1S/C8H10N2O.C2H6/c1-11-7-4-2-6(3-5-7)8(9)10;1-2/h2-5H,1H3,(H3,9,10);1-2H3. The van der Waals surface area contributed by atoms with E-state index in [0.29, 0.717) is 5.56 Å². The summed E-state index contributed by atoms with van der Waals surface area (Å²) < 4.78 is 4.94. The van der Waals surface area contributed by atoms with Crippen molar-refractivity contribution in [1.29, 1.82) is 5.41 Å². The minimum absolute atomic E-state index is 0.0765. The van der Waals surface area contributed by atoms with Gasteiger partial charge in [-0.2, -0.15) is 0 Å². The first-order valence-corrected chi connectivity index (χ1v) is 4.22. The van der Waals surface area contributed by atoms with Crippen molar-refractivity contribution >= 4 is 5.84 Å². The van der Waals surface area contributed by atoms with Gasteiger partial charge >= 0.3 is 0 Å². The number of amidine groups is 1. The van der Waals surface area contributed by atoms with E-state index in [1.165, 1.54) is 0 Å². The zero-order valence-electron chi connectivity index (χ0n) is 8.29. The number of methoxy groups -OCH3 is 1. The Balaban J connectivity index is 0.000000671. The summed E-state index contributed by atoms with van der Waals surface area (Å²) in [6.45, 7) is 4.00. The molecule has 13 heavy (non-hydrogen) atoms. The molecule has 1 rings (SSSR count). The summed E-state index contributed by atoms with van der Waals surface area (Å²) in [5.74, 6) is 0.850. The first kappa shape index (κ1) is 11.5. The number of benzene rings is 1. The Kier molecular flexibility index (Phi) is 5.35. The molecule has 0 aliphatic rings. The van der Waals surface area contributed by atoms with Gasteiger partial charge < -0.3 is 10.5 Å². The van der Waals surface area contributed by atoms with Gasteiger partial charge in [0.15, 0.2) is 0 Å². The molecule has 1 aromatic carbocycles. The summed E-state index contributed by atoms with van der Waals surface area (Å²) in [5, 5.41) is 7.10. The van der Waals surface area contributed by atoms with Crippen LogP contribution < -0.4 is 10.5 Å². The molecule has 0 amide bonds. The highest BCUT2D eigenvalue weighted by Gasteiger charge is 1.94. The maximum absolute atomic E-state index is 7.10. The summed E-state index contributed by atoms with van der Waals surface area (Å²) in [7, 11) is 1.60. The minimum Gasteiger partial charge on any atom is -0.497 e. The SMILES string of the molecule is CC.COc1ccc(C(=N)N)cc1. The molecule has 0 radical (unpaired) electrons. The zero-order valence-corrected chi connectivity index (χ0v) is 8.29. The third kappa shape index (κ3) is 3.60. The zero-order chi connectivity index (χ0) is 10.3. The predicted octanol–water partition coefficient (Wildman–Crippen LogP) is 2.01. The molecule has 0 heterocycles. The van der Waals surface area contributed by atoms with E-state index in [9.17, 15) is 0 Å². The third-order valence-corrected chi connectivity index (χ3v) is 1.40. The van der Waals surface area contributed by atoms with Crippen LogP contribution in [0.25, 0.3) is 0 Å².